The molecule has 0 aliphatic carbocycles. The summed E-state index contributed by atoms with van der Waals surface area (Å²) >= 11 is 0. The first-order valence-electron chi connectivity index (χ1n) is 7.02. The van der Waals surface area contributed by atoms with Crippen LogP contribution in [0.25, 0.3) is 0 Å². The molecule has 1 aromatic rings. The van der Waals surface area contributed by atoms with Crippen LogP contribution in [0, 0.1) is 5.92 Å². The van der Waals surface area contributed by atoms with Gasteiger partial charge in [0.25, 0.3) is 0 Å². The molecule has 0 unspecified atom stereocenters. The Labute approximate surface area is 107 Å². The highest BCUT2D eigenvalue weighted by atomic mass is 15.1. The summed E-state index contributed by atoms with van der Waals surface area (Å²) in [5.74, 6) is 0.882. The van der Waals surface area contributed by atoms with Crippen LogP contribution >= 0.6 is 0 Å². The van der Waals surface area contributed by atoms with Gasteiger partial charge >= 0.3 is 0 Å². The van der Waals surface area contributed by atoms with Gasteiger partial charge in [-0.25, -0.2) is 0 Å². The van der Waals surface area contributed by atoms with Crippen molar-refractivity contribution < 1.29 is 0 Å². The predicted molar refractivity (Wildman–Crippen MR) is 76.1 cm³/mol. The number of piperidine rings is 1. The Balaban J connectivity index is 0.000000437. The van der Waals surface area contributed by atoms with Crippen molar-refractivity contribution in [3.63, 3.8) is 0 Å². The molecule has 96 valence electrons. The molecule has 1 saturated heterocycles. The molecule has 1 fully saturated rings. The smallest absolute Gasteiger partial charge is 0.0233 e. The second-order valence-electron chi connectivity index (χ2n) is 5.18. The van der Waals surface area contributed by atoms with Crippen LogP contribution in [-0.4, -0.2) is 18.0 Å². The summed E-state index contributed by atoms with van der Waals surface area (Å²) in [4.78, 5) is 2.57. The largest absolute Gasteiger partial charge is 0.299 e. The van der Waals surface area contributed by atoms with Crippen molar-refractivity contribution in [1.29, 1.82) is 0 Å². The predicted octanol–water partition coefficient (Wildman–Crippen LogP) is 4.33. The fourth-order valence-electron chi connectivity index (χ4n) is 2.27. The van der Waals surface area contributed by atoms with E-state index in [1.807, 2.05) is 0 Å². The van der Waals surface area contributed by atoms with E-state index in [9.17, 15) is 0 Å². The van der Waals surface area contributed by atoms with Crippen LogP contribution in [0.1, 0.15) is 45.6 Å². The van der Waals surface area contributed by atoms with Crippen molar-refractivity contribution in [1.82, 2.24) is 4.90 Å². The lowest BCUT2D eigenvalue weighted by Gasteiger charge is -2.30. The first-order chi connectivity index (χ1) is 8.26. The lowest BCUT2D eigenvalue weighted by Crippen LogP contribution is -2.33. The summed E-state index contributed by atoms with van der Waals surface area (Å²) < 4.78 is 0. The molecule has 0 radical (unpaired) electrons. The normalized spacial score (nSPS) is 20.5. The van der Waals surface area contributed by atoms with E-state index in [0.717, 1.165) is 12.5 Å². The third-order valence-electron chi connectivity index (χ3n) is 2.99. The summed E-state index contributed by atoms with van der Waals surface area (Å²) in [5, 5.41) is 0. The molecule has 2 rings (SSSR count). The number of rotatable bonds is 2. The number of nitrogens with zero attached hydrogens (tertiary/aromatic N) is 1. The fourth-order valence-corrected chi connectivity index (χ4v) is 2.27. The summed E-state index contributed by atoms with van der Waals surface area (Å²) in [6.07, 6.45) is 4.03. The number of hydrogen-bond acceptors (Lipinski definition) is 1. The second kappa shape index (κ2) is 8.30. The molecule has 17 heavy (non-hydrogen) atoms. The van der Waals surface area contributed by atoms with Gasteiger partial charge in [-0.15, -0.1) is 0 Å². The zero-order valence-electron chi connectivity index (χ0n) is 11.7. The first-order valence-corrected chi connectivity index (χ1v) is 7.02. The number of benzene rings is 1. The van der Waals surface area contributed by atoms with Gasteiger partial charge in [-0.05, 0) is 30.9 Å². The molecular formula is C16H27N. The summed E-state index contributed by atoms with van der Waals surface area (Å²) in [7, 11) is 0. The molecule has 1 aromatic carbocycles. The zero-order valence-corrected chi connectivity index (χ0v) is 11.7. The van der Waals surface area contributed by atoms with Crippen LogP contribution in [0.5, 0.6) is 0 Å². The Kier molecular flexibility index (Phi) is 6.95. The van der Waals surface area contributed by atoms with Crippen LogP contribution in [0.15, 0.2) is 30.3 Å². The summed E-state index contributed by atoms with van der Waals surface area (Å²) in [6, 6.07) is 10.8. The van der Waals surface area contributed by atoms with Gasteiger partial charge in [-0.3, -0.25) is 4.90 Å². The highest BCUT2D eigenvalue weighted by molar-refractivity contribution is 5.14. The average molecular weight is 233 g/mol. The van der Waals surface area contributed by atoms with Gasteiger partial charge in [0.2, 0.25) is 0 Å². The molecule has 0 saturated carbocycles. The Morgan fingerprint density at radius 3 is 2.41 bits per heavy atom. The SMILES string of the molecule is CCC.C[C@@H]1CCCN(Cc2ccccc2)C1. The molecule has 0 aromatic heterocycles. The minimum atomic E-state index is 0.882. The monoisotopic (exact) mass is 233 g/mol. The van der Waals surface area contributed by atoms with Crippen LogP contribution in [0.3, 0.4) is 0 Å². The maximum Gasteiger partial charge on any atom is 0.0233 e. The molecule has 0 bridgehead atoms. The summed E-state index contributed by atoms with van der Waals surface area (Å²) in [5.41, 5.74) is 1.45. The topological polar surface area (TPSA) is 3.24 Å². The Bertz CT molecular complexity index is 281. The molecule has 0 spiro atoms. The average Bonchev–Trinajstić information content (AvgIpc) is 2.31. The molecule has 1 atom stereocenters. The van der Waals surface area contributed by atoms with Crippen LogP contribution < -0.4 is 0 Å². The van der Waals surface area contributed by atoms with E-state index < -0.39 is 0 Å². The molecule has 1 aliphatic heterocycles. The molecule has 1 heteroatoms. The zero-order chi connectivity index (χ0) is 12.5. The van der Waals surface area contributed by atoms with Gasteiger partial charge in [0.05, 0.1) is 0 Å². The highest BCUT2D eigenvalue weighted by Crippen LogP contribution is 2.17. The van der Waals surface area contributed by atoms with Crippen molar-refractivity contribution in [3.05, 3.63) is 35.9 Å². The molecule has 0 amide bonds. The van der Waals surface area contributed by atoms with Crippen molar-refractivity contribution in [2.75, 3.05) is 13.1 Å². The molecule has 0 N–H and O–H groups in total. The van der Waals surface area contributed by atoms with Gasteiger partial charge in [-0.1, -0.05) is 57.5 Å². The van der Waals surface area contributed by atoms with E-state index in [2.05, 4.69) is 56.0 Å². The first kappa shape index (κ1) is 14.2. The second-order valence-corrected chi connectivity index (χ2v) is 5.18. The lowest BCUT2D eigenvalue weighted by atomic mass is 10.00. The van der Waals surface area contributed by atoms with Crippen molar-refractivity contribution in [2.24, 2.45) is 5.92 Å². The summed E-state index contributed by atoms with van der Waals surface area (Å²) in [6.45, 7) is 10.3. The van der Waals surface area contributed by atoms with E-state index >= 15 is 0 Å². The van der Waals surface area contributed by atoms with E-state index in [1.54, 1.807) is 0 Å². The lowest BCUT2D eigenvalue weighted by molar-refractivity contribution is 0.176. The van der Waals surface area contributed by atoms with Gasteiger partial charge in [0, 0.05) is 13.1 Å². The van der Waals surface area contributed by atoms with Crippen molar-refractivity contribution in [2.45, 2.75) is 46.6 Å². The number of hydrogen-bond donors (Lipinski definition) is 0. The minimum Gasteiger partial charge on any atom is -0.299 e. The van der Waals surface area contributed by atoms with Gasteiger partial charge in [0.1, 0.15) is 0 Å². The molecule has 1 heterocycles. The highest BCUT2D eigenvalue weighted by Gasteiger charge is 2.15. The third kappa shape index (κ3) is 5.88. The van der Waals surface area contributed by atoms with Crippen LogP contribution in [0.2, 0.25) is 0 Å². The Hall–Kier alpha value is -0.820. The van der Waals surface area contributed by atoms with E-state index in [1.165, 1.54) is 37.9 Å². The van der Waals surface area contributed by atoms with Gasteiger partial charge in [-0.2, -0.15) is 0 Å². The van der Waals surface area contributed by atoms with Crippen molar-refractivity contribution in [3.8, 4) is 0 Å². The molecule has 1 nitrogen and oxygen atoms in total. The maximum absolute atomic E-state index is 2.57. The Morgan fingerprint density at radius 2 is 1.82 bits per heavy atom. The van der Waals surface area contributed by atoms with E-state index in [0.29, 0.717) is 0 Å². The standard InChI is InChI=1S/C13H19N.C3H8/c1-12-6-5-9-14(10-12)11-13-7-3-2-4-8-13;1-3-2/h2-4,7-8,12H,5-6,9-11H2,1H3;3H2,1-2H3/t12-;/m1./s1. The van der Waals surface area contributed by atoms with E-state index in [-0.39, 0.29) is 0 Å². The van der Waals surface area contributed by atoms with Crippen LogP contribution in [0.4, 0.5) is 0 Å². The fraction of sp³-hybridized carbons (Fsp3) is 0.625. The van der Waals surface area contributed by atoms with Crippen LogP contribution in [-0.2, 0) is 6.54 Å². The maximum atomic E-state index is 2.57. The minimum absolute atomic E-state index is 0.882. The van der Waals surface area contributed by atoms with Crippen molar-refractivity contribution >= 4 is 0 Å². The molecular weight excluding hydrogens is 206 g/mol. The molecule has 1 aliphatic rings. The number of likely N-dealkylation sites (tertiary alicyclic amines) is 1. The quantitative estimate of drug-likeness (QED) is 0.734. The third-order valence-corrected chi connectivity index (χ3v) is 2.99. The van der Waals surface area contributed by atoms with Gasteiger partial charge < -0.3 is 0 Å². The van der Waals surface area contributed by atoms with Gasteiger partial charge in [0.15, 0.2) is 0 Å². The van der Waals surface area contributed by atoms with E-state index in [4.69, 9.17) is 0 Å². The Morgan fingerprint density at radius 1 is 1.18 bits per heavy atom.